The molecule has 1 amide bonds. The molecule has 4 rings (SSSR count). The molecule has 0 aliphatic carbocycles. The third-order valence-corrected chi connectivity index (χ3v) is 5.52. The number of aliphatic carboxylic acids is 1. The van der Waals surface area contributed by atoms with Crippen LogP contribution < -0.4 is 10.4 Å². The minimum atomic E-state index is -1.56. The lowest BCUT2D eigenvalue weighted by molar-refractivity contribution is -0.315. The molecule has 0 radical (unpaired) electrons. The summed E-state index contributed by atoms with van der Waals surface area (Å²) in [6.07, 6.45) is -0.246. The Labute approximate surface area is 225 Å². The maximum atomic E-state index is 13.1. The van der Waals surface area contributed by atoms with Crippen LogP contribution in [-0.4, -0.2) is 23.9 Å². The van der Waals surface area contributed by atoms with Crippen molar-refractivity contribution >= 4 is 35.3 Å². The Hall–Kier alpha value is -5.37. The number of carbonyl (C=O) groups excluding carboxylic acids is 3. The predicted octanol–water partition coefficient (Wildman–Crippen LogP) is 4.78. The molecule has 0 spiro atoms. The van der Waals surface area contributed by atoms with E-state index in [0.29, 0.717) is 28.1 Å². The van der Waals surface area contributed by atoms with Gasteiger partial charge in [0.15, 0.2) is 0 Å². The highest BCUT2D eigenvalue weighted by Crippen LogP contribution is 2.20. The average Bonchev–Trinajstić information content (AvgIpc) is 2.97. The van der Waals surface area contributed by atoms with Crippen molar-refractivity contribution in [2.75, 3.05) is 0 Å². The quantitative estimate of drug-likeness (QED) is 0.184. The summed E-state index contributed by atoms with van der Waals surface area (Å²) in [6, 6.07) is 33.0. The van der Waals surface area contributed by atoms with Crippen molar-refractivity contribution in [2.24, 2.45) is 10.2 Å². The second-order valence-corrected chi connectivity index (χ2v) is 8.41. The number of carboxylic acid groups (broad SMARTS) is 1. The van der Waals surface area contributed by atoms with Crippen molar-refractivity contribution in [3.05, 3.63) is 138 Å². The molecule has 8 nitrogen and oxygen atoms in total. The Morgan fingerprint density at radius 1 is 0.744 bits per heavy atom. The predicted molar refractivity (Wildman–Crippen MR) is 144 cm³/mol. The van der Waals surface area contributed by atoms with Crippen molar-refractivity contribution in [2.45, 2.75) is 12.5 Å². The van der Waals surface area contributed by atoms with Gasteiger partial charge in [0, 0.05) is 12.0 Å². The van der Waals surface area contributed by atoms with Crippen molar-refractivity contribution < 1.29 is 24.2 Å². The highest BCUT2D eigenvalue weighted by Gasteiger charge is 2.22. The highest BCUT2D eigenvalue weighted by molar-refractivity contribution is 6.03. The summed E-state index contributed by atoms with van der Waals surface area (Å²) in [7, 11) is 0. The largest absolute Gasteiger partial charge is 0.546 e. The number of carboxylic acids is 1. The third-order valence-electron chi connectivity index (χ3n) is 5.52. The van der Waals surface area contributed by atoms with Crippen molar-refractivity contribution in [1.82, 2.24) is 5.32 Å². The van der Waals surface area contributed by atoms with Gasteiger partial charge in [0.1, 0.15) is 11.8 Å². The van der Waals surface area contributed by atoms with Gasteiger partial charge in [-0.25, -0.2) is 4.79 Å². The highest BCUT2D eigenvalue weighted by atomic mass is 16.6. The van der Waals surface area contributed by atoms with Crippen LogP contribution in [0.2, 0.25) is 0 Å². The Kier molecular flexibility index (Phi) is 9.07. The van der Waals surface area contributed by atoms with Crippen LogP contribution in [0.4, 0.5) is 11.4 Å². The molecule has 1 N–H and O–H groups in total. The van der Waals surface area contributed by atoms with E-state index in [0.717, 1.165) is 0 Å². The fraction of sp³-hybridized carbons (Fsp3) is 0.0645. The number of azo groups is 1. The van der Waals surface area contributed by atoms with Crippen LogP contribution in [0.3, 0.4) is 0 Å². The van der Waals surface area contributed by atoms with E-state index in [1.165, 1.54) is 6.08 Å². The number of nitrogens with one attached hydrogen (secondary N) is 1. The van der Waals surface area contributed by atoms with E-state index in [-0.39, 0.29) is 12.1 Å². The number of amides is 1. The van der Waals surface area contributed by atoms with Crippen molar-refractivity contribution in [3.8, 4) is 0 Å². The van der Waals surface area contributed by atoms with Gasteiger partial charge in [-0.3, -0.25) is 4.79 Å². The van der Waals surface area contributed by atoms with E-state index < -0.39 is 23.9 Å². The molecule has 0 fully saturated rings. The number of rotatable bonds is 10. The molecule has 0 bridgehead atoms. The van der Waals surface area contributed by atoms with Crippen LogP contribution in [0.15, 0.2) is 131 Å². The van der Waals surface area contributed by atoms with Crippen molar-refractivity contribution in [1.29, 1.82) is 0 Å². The van der Waals surface area contributed by atoms with Gasteiger partial charge in [-0.1, -0.05) is 78.9 Å². The fourth-order valence-electron chi connectivity index (χ4n) is 3.54. The van der Waals surface area contributed by atoms with Crippen LogP contribution >= 0.6 is 0 Å². The normalized spacial score (nSPS) is 12.1. The number of esters is 1. The van der Waals surface area contributed by atoms with Gasteiger partial charge in [0.05, 0.1) is 17.3 Å². The SMILES string of the molecule is O=C(OC(Cc1ccccc1)C(=O)[O-])/C(=C/c1ccc(N=Nc2ccccc2)cc1)NC(=O)c1ccccc1. The Morgan fingerprint density at radius 2 is 1.28 bits per heavy atom. The summed E-state index contributed by atoms with van der Waals surface area (Å²) in [5.41, 5.74) is 2.55. The lowest BCUT2D eigenvalue weighted by Gasteiger charge is -2.20. The van der Waals surface area contributed by atoms with Gasteiger partial charge in [0.2, 0.25) is 0 Å². The number of hydrogen-bond donors (Lipinski definition) is 1. The van der Waals surface area contributed by atoms with E-state index >= 15 is 0 Å². The summed E-state index contributed by atoms with van der Waals surface area (Å²) < 4.78 is 5.28. The standard InChI is InChI=1S/C31H25N3O5/c35-29(24-12-6-2-7-13-24)32-27(31(38)39-28(30(36)37)21-22-10-4-1-5-11-22)20-23-16-18-26(19-17-23)34-33-25-14-8-3-9-15-25/h1-20,28H,21H2,(H,32,35)(H,36,37)/p-1/b27-20-,34-33?. The first-order valence-corrected chi connectivity index (χ1v) is 12.1. The summed E-state index contributed by atoms with van der Waals surface area (Å²) in [4.78, 5) is 37.7. The van der Waals surface area contributed by atoms with Gasteiger partial charge in [-0.2, -0.15) is 10.2 Å². The first kappa shape index (κ1) is 26.7. The van der Waals surface area contributed by atoms with Gasteiger partial charge in [-0.15, -0.1) is 0 Å². The summed E-state index contributed by atoms with van der Waals surface area (Å²) in [5.74, 6) is -3.12. The molecule has 0 saturated heterocycles. The average molecular weight is 519 g/mol. The van der Waals surface area contributed by atoms with E-state index in [4.69, 9.17) is 4.74 Å². The first-order valence-electron chi connectivity index (χ1n) is 12.1. The molecule has 39 heavy (non-hydrogen) atoms. The molecule has 0 saturated carbocycles. The molecule has 194 valence electrons. The lowest BCUT2D eigenvalue weighted by Crippen LogP contribution is -2.41. The number of benzene rings is 4. The minimum absolute atomic E-state index is 0.0874. The first-order chi connectivity index (χ1) is 19.0. The molecule has 4 aromatic carbocycles. The lowest BCUT2D eigenvalue weighted by atomic mass is 10.1. The molecule has 0 aromatic heterocycles. The number of carbonyl (C=O) groups is 3. The summed E-state index contributed by atoms with van der Waals surface area (Å²) in [5, 5.41) is 22.7. The molecule has 8 heteroatoms. The molecule has 0 aliphatic heterocycles. The Bertz CT molecular complexity index is 1470. The van der Waals surface area contributed by atoms with E-state index in [1.54, 1.807) is 84.9 Å². The molecular weight excluding hydrogens is 494 g/mol. The van der Waals surface area contributed by atoms with E-state index in [2.05, 4.69) is 15.5 Å². The third kappa shape index (κ3) is 8.06. The van der Waals surface area contributed by atoms with Crippen molar-refractivity contribution in [3.63, 3.8) is 0 Å². The van der Waals surface area contributed by atoms with E-state index in [9.17, 15) is 19.5 Å². The van der Waals surface area contributed by atoms with Crippen LogP contribution in [0.5, 0.6) is 0 Å². The summed E-state index contributed by atoms with van der Waals surface area (Å²) >= 11 is 0. The number of nitrogens with zero attached hydrogens (tertiary/aromatic N) is 2. The Balaban J connectivity index is 1.56. The van der Waals surface area contributed by atoms with Crippen LogP contribution in [0, 0.1) is 0 Å². The number of hydrogen-bond acceptors (Lipinski definition) is 7. The molecule has 1 atom stereocenters. The smallest absolute Gasteiger partial charge is 0.355 e. The van der Waals surface area contributed by atoms with Gasteiger partial charge in [0.25, 0.3) is 5.91 Å². The fourth-order valence-corrected chi connectivity index (χ4v) is 3.54. The van der Waals surface area contributed by atoms with Crippen LogP contribution in [-0.2, 0) is 20.7 Å². The van der Waals surface area contributed by atoms with Crippen LogP contribution in [0.25, 0.3) is 6.08 Å². The maximum Gasteiger partial charge on any atom is 0.355 e. The molecule has 4 aromatic rings. The molecule has 0 heterocycles. The van der Waals surface area contributed by atoms with Gasteiger partial charge in [-0.05, 0) is 53.6 Å². The monoisotopic (exact) mass is 518 g/mol. The number of ether oxygens (including phenoxy) is 1. The van der Waals surface area contributed by atoms with Gasteiger partial charge >= 0.3 is 5.97 Å². The van der Waals surface area contributed by atoms with E-state index in [1.807, 2.05) is 30.3 Å². The minimum Gasteiger partial charge on any atom is -0.546 e. The molecule has 1 unspecified atom stereocenters. The van der Waals surface area contributed by atoms with Crippen LogP contribution in [0.1, 0.15) is 21.5 Å². The second-order valence-electron chi connectivity index (χ2n) is 8.41. The Morgan fingerprint density at radius 3 is 1.87 bits per heavy atom. The zero-order valence-corrected chi connectivity index (χ0v) is 20.8. The zero-order chi connectivity index (χ0) is 27.5. The molecular formula is C31H24N3O5-. The molecule has 0 aliphatic rings. The topological polar surface area (TPSA) is 120 Å². The van der Waals surface area contributed by atoms with Gasteiger partial charge < -0.3 is 20.0 Å². The zero-order valence-electron chi connectivity index (χ0n) is 20.8. The second kappa shape index (κ2) is 13.3. The summed E-state index contributed by atoms with van der Waals surface area (Å²) in [6.45, 7) is 0. The maximum absolute atomic E-state index is 13.1.